The van der Waals surface area contributed by atoms with Crippen LogP contribution in [0.2, 0.25) is 0 Å². The zero-order valence-corrected chi connectivity index (χ0v) is 14.7. The van der Waals surface area contributed by atoms with Crippen LogP contribution < -0.4 is 16.4 Å². The van der Waals surface area contributed by atoms with Gasteiger partial charge in [-0.3, -0.25) is 9.59 Å². The molecule has 1 aromatic heterocycles. The van der Waals surface area contributed by atoms with Crippen LogP contribution >= 0.6 is 0 Å². The lowest BCUT2D eigenvalue weighted by molar-refractivity contribution is -0.116. The van der Waals surface area contributed by atoms with Crippen molar-refractivity contribution in [2.24, 2.45) is 5.73 Å². The van der Waals surface area contributed by atoms with Crippen molar-refractivity contribution in [1.82, 2.24) is 14.9 Å². The molecule has 0 atom stereocenters. The van der Waals surface area contributed by atoms with Crippen LogP contribution in [0.5, 0.6) is 0 Å². The molecule has 26 heavy (non-hydrogen) atoms. The summed E-state index contributed by atoms with van der Waals surface area (Å²) < 4.78 is 1.85. The van der Waals surface area contributed by atoms with Crippen molar-refractivity contribution < 1.29 is 9.59 Å². The molecule has 0 aliphatic heterocycles. The van der Waals surface area contributed by atoms with Gasteiger partial charge >= 0.3 is 0 Å². The highest BCUT2D eigenvalue weighted by atomic mass is 16.2. The molecule has 0 radical (unpaired) electrons. The molecule has 2 amide bonds. The van der Waals surface area contributed by atoms with Crippen LogP contribution in [0.4, 0.5) is 5.69 Å². The van der Waals surface area contributed by atoms with Crippen LogP contribution in [0.25, 0.3) is 0 Å². The predicted octanol–water partition coefficient (Wildman–Crippen LogP) is 1.91. The molecule has 1 aliphatic carbocycles. The van der Waals surface area contributed by atoms with Crippen LogP contribution in [0, 0.1) is 0 Å². The first-order valence-electron chi connectivity index (χ1n) is 9.02. The van der Waals surface area contributed by atoms with E-state index < -0.39 is 0 Å². The Kier molecular flexibility index (Phi) is 6.01. The highest BCUT2D eigenvalue weighted by molar-refractivity contribution is 5.97. The number of rotatable bonds is 6. The molecular formula is C19H25N5O2. The Balaban J connectivity index is 1.52. The quantitative estimate of drug-likeness (QED) is 0.736. The molecule has 1 fully saturated rings. The molecule has 1 aromatic carbocycles. The molecule has 0 spiro atoms. The average Bonchev–Trinajstić information content (AvgIpc) is 3.16. The summed E-state index contributed by atoms with van der Waals surface area (Å²) in [4.78, 5) is 28.5. The van der Waals surface area contributed by atoms with E-state index in [-0.39, 0.29) is 23.9 Å². The number of nitrogens with one attached hydrogen (secondary N) is 2. The van der Waals surface area contributed by atoms with Gasteiger partial charge in [-0.1, -0.05) is 6.07 Å². The van der Waals surface area contributed by atoms with Gasteiger partial charge in [0.15, 0.2) is 0 Å². The number of hydrogen-bond acceptors (Lipinski definition) is 4. The zero-order valence-electron chi connectivity index (χ0n) is 14.7. The summed E-state index contributed by atoms with van der Waals surface area (Å²) in [6.07, 6.45) is 9.23. The van der Waals surface area contributed by atoms with Crippen molar-refractivity contribution in [3.63, 3.8) is 0 Å². The van der Waals surface area contributed by atoms with Gasteiger partial charge in [-0.15, -0.1) is 0 Å². The monoisotopic (exact) mass is 355 g/mol. The number of nitrogens with two attached hydrogens (primary N) is 1. The van der Waals surface area contributed by atoms with Gasteiger partial charge in [0.05, 0.1) is 6.33 Å². The van der Waals surface area contributed by atoms with Crippen molar-refractivity contribution in [1.29, 1.82) is 0 Å². The second kappa shape index (κ2) is 8.62. The number of benzene rings is 1. The van der Waals surface area contributed by atoms with Crippen molar-refractivity contribution in [2.75, 3.05) is 5.32 Å². The Morgan fingerprint density at radius 1 is 1.23 bits per heavy atom. The number of hydrogen-bond donors (Lipinski definition) is 3. The highest BCUT2D eigenvalue weighted by Crippen LogP contribution is 2.18. The lowest BCUT2D eigenvalue weighted by Gasteiger charge is -2.26. The summed E-state index contributed by atoms with van der Waals surface area (Å²) in [7, 11) is 0. The molecule has 7 nitrogen and oxygen atoms in total. The minimum Gasteiger partial charge on any atom is -0.349 e. The van der Waals surface area contributed by atoms with Gasteiger partial charge in [0.25, 0.3) is 5.91 Å². The van der Waals surface area contributed by atoms with E-state index in [9.17, 15) is 9.59 Å². The second-order valence-corrected chi connectivity index (χ2v) is 6.76. The van der Waals surface area contributed by atoms with Gasteiger partial charge < -0.3 is 20.9 Å². The van der Waals surface area contributed by atoms with Gasteiger partial charge in [-0.05, 0) is 43.9 Å². The molecule has 1 saturated carbocycles. The van der Waals surface area contributed by atoms with E-state index >= 15 is 0 Å². The van der Waals surface area contributed by atoms with Crippen molar-refractivity contribution >= 4 is 17.5 Å². The second-order valence-electron chi connectivity index (χ2n) is 6.76. The molecule has 3 rings (SSSR count). The molecule has 1 heterocycles. The number of aryl methyl sites for hydroxylation is 1. The Morgan fingerprint density at radius 3 is 2.77 bits per heavy atom. The molecule has 7 heteroatoms. The molecular weight excluding hydrogens is 330 g/mol. The third-order valence-electron chi connectivity index (χ3n) is 4.67. The van der Waals surface area contributed by atoms with E-state index in [0.29, 0.717) is 24.2 Å². The lowest BCUT2D eigenvalue weighted by Crippen LogP contribution is -2.40. The summed E-state index contributed by atoms with van der Waals surface area (Å²) in [5.41, 5.74) is 7.08. The summed E-state index contributed by atoms with van der Waals surface area (Å²) >= 11 is 0. The first-order chi connectivity index (χ1) is 12.6. The van der Waals surface area contributed by atoms with Crippen LogP contribution in [0.1, 0.15) is 42.5 Å². The van der Waals surface area contributed by atoms with Gasteiger partial charge in [0, 0.05) is 48.7 Å². The van der Waals surface area contributed by atoms with E-state index in [1.54, 1.807) is 36.8 Å². The largest absolute Gasteiger partial charge is 0.349 e. The molecule has 0 unspecified atom stereocenters. The van der Waals surface area contributed by atoms with Crippen molar-refractivity contribution in [2.45, 2.75) is 50.7 Å². The van der Waals surface area contributed by atoms with Crippen molar-refractivity contribution in [3.05, 3.63) is 48.5 Å². The Bertz CT molecular complexity index is 736. The van der Waals surface area contributed by atoms with Crippen molar-refractivity contribution in [3.8, 4) is 0 Å². The van der Waals surface area contributed by atoms with Gasteiger partial charge in [0.2, 0.25) is 5.91 Å². The Morgan fingerprint density at radius 2 is 2.04 bits per heavy atom. The first kappa shape index (κ1) is 18.1. The smallest absolute Gasteiger partial charge is 0.251 e. The van der Waals surface area contributed by atoms with Gasteiger partial charge in [0.1, 0.15) is 0 Å². The predicted molar refractivity (Wildman–Crippen MR) is 99.6 cm³/mol. The molecule has 4 N–H and O–H groups in total. The number of aromatic nitrogens is 2. The van der Waals surface area contributed by atoms with E-state index in [1.807, 2.05) is 10.8 Å². The van der Waals surface area contributed by atoms with Crippen LogP contribution in [-0.4, -0.2) is 33.4 Å². The number of amides is 2. The third kappa shape index (κ3) is 5.16. The number of nitrogens with zero attached hydrogens (tertiary/aromatic N) is 2. The van der Waals surface area contributed by atoms with E-state index in [0.717, 1.165) is 25.7 Å². The van der Waals surface area contributed by atoms with Gasteiger partial charge in [-0.2, -0.15) is 0 Å². The van der Waals surface area contributed by atoms with Crippen LogP contribution in [0.3, 0.4) is 0 Å². The average molecular weight is 355 g/mol. The minimum absolute atomic E-state index is 0.0995. The maximum Gasteiger partial charge on any atom is 0.251 e. The minimum atomic E-state index is -0.111. The maximum atomic E-state index is 12.4. The topological polar surface area (TPSA) is 102 Å². The fourth-order valence-electron chi connectivity index (χ4n) is 3.14. The van der Waals surface area contributed by atoms with Gasteiger partial charge in [-0.25, -0.2) is 4.98 Å². The Labute approximate surface area is 153 Å². The number of imidazole rings is 1. The first-order valence-corrected chi connectivity index (χ1v) is 9.02. The third-order valence-corrected chi connectivity index (χ3v) is 4.67. The standard InChI is InChI=1S/C19H25N5O2/c20-15-4-6-16(7-5-15)23-19(26)14-2-1-3-17(12-14)22-18(25)8-10-24-11-9-21-13-24/h1-3,9,11-13,15-16H,4-8,10,20H2,(H,22,25)(H,23,26). The summed E-state index contributed by atoms with van der Waals surface area (Å²) in [5.74, 6) is -0.211. The number of carbonyl (C=O) groups excluding carboxylic acids is 2. The van der Waals surface area contributed by atoms with E-state index in [2.05, 4.69) is 15.6 Å². The summed E-state index contributed by atoms with van der Waals surface area (Å²) in [5, 5.41) is 5.90. The van der Waals surface area contributed by atoms with Crippen LogP contribution in [0.15, 0.2) is 43.0 Å². The maximum absolute atomic E-state index is 12.4. The Hall–Kier alpha value is -2.67. The normalized spacial score (nSPS) is 19.7. The van der Waals surface area contributed by atoms with Crippen LogP contribution in [-0.2, 0) is 11.3 Å². The van der Waals surface area contributed by atoms with E-state index in [4.69, 9.17) is 5.73 Å². The summed E-state index contributed by atoms with van der Waals surface area (Å²) in [6, 6.07) is 7.45. The molecule has 138 valence electrons. The van der Waals surface area contributed by atoms with E-state index in [1.165, 1.54) is 0 Å². The molecule has 2 aromatic rings. The molecule has 1 aliphatic rings. The zero-order chi connectivity index (χ0) is 18.4. The highest BCUT2D eigenvalue weighted by Gasteiger charge is 2.20. The molecule has 0 saturated heterocycles. The lowest BCUT2D eigenvalue weighted by atomic mass is 9.91. The number of carbonyl (C=O) groups is 2. The SMILES string of the molecule is NC1CCC(NC(=O)c2cccc(NC(=O)CCn3ccnc3)c2)CC1. The summed E-state index contributed by atoms with van der Waals surface area (Å²) in [6.45, 7) is 0.565. The number of anilines is 1. The fourth-order valence-corrected chi connectivity index (χ4v) is 3.14. The molecule has 0 bridgehead atoms. The fraction of sp³-hybridized carbons (Fsp3) is 0.421.